The molecule has 1 fully saturated rings. The monoisotopic (exact) mass is 427 g/mol. The van der Waals surface area contributed by atoms with Crippen molar-refractivity contribution < 1.29 is 17.6 Å². The Hall–Kier alpha value is -2.71. The van der Waals surface area contributed by atoms with Crippen LogP contribution in [-0.2, 0) is 16.6 Å². The molecule has 1 saturated heterocycles. The Morgan fingerprint density at radius 3 is 2.67 bits per heavy atom. The highest BCUT2D eigenvalue weighted by Crippen LogP contribution is 2.30. The van der Waals surface area contributed by atoms with E-state index in [9.17, 15) is 8.42 Å². The lowest BCUT2D eigenvalue weighted by Crippen LogP contribution is -2.39. The van der Waals surface area contributed by atoms with E-state index in [0.717, 1.165) is 29.7 Å². The van der Waals surface area contributed by atoms with E-state index in [1.807, 2.05) is 50.2 Å². The van der Waals surface area contributed by atoms with Crippen LogP contribution in [0.2, 0.25) is 0 Å². The first-order valence-corrected chi connectivity index (χ1v) is 11.4. The van der Waals surface area contributed by atoms with Crippen molar-refractivity contribution in [2.24, 2.45) is 0 Å². The van der Waals surface area contributed by atoms with Gasteiger partial charge in [0.25, 0.3) is 5.89 Å². The molecule has 2 aromatic carbocycles. The van der Waals surface area contributed by atoms with Crippen LogP contribution >= 0.6 is 0 Å². The summed E-state index contributed by atoms with van der Waals surface area (Å²) >= 11 is 0. The topological polar surface area (TPSA) is 85.5 Å². The fraction of sp³-hybridized carbons (Fsp3) is 0.364. The van der Waals surface area contributed by atoms with Crippen LogP contribution in [0.1, 0.15) is 41.7 Å². The summed E-state index contributed by atoms with van der Waals surface area (Å²) < 4.78 is 39.2. The summed E-state index contributed by atoms with van der Waals surface area (Å²) in [5.74, 6) is 1.43. The van der Waals surface area contributed by atoms with E-state index in [4.69, 9.17) is 9.15 Å². The Kier molecular flexibility index (Phi) is 5.87. The maximum atomic E-state index is 13.1. The number of aryl methyl sites for hydroxylation is 2. The fourth-order valence-corrected chi connectivity index (χ4v) is 5.15. The summed E-state index contributed by atoms with van der Waals surface area (Å²) in [5.41, 5.74) is 2.03. The molecule has 4 rings (SSSR count). The number of aromatic nitrogens is 2. The van der Waals surface area contributed by atoms with Crippen LogP contribution in [0, 0.1) is 13.8 Å². The Bertz CT molecular complexity index is 1110. The minimum Gasteiger partial charge on any atom is -0.484 e. The summed E-state index contributed by atoms with van der Waals surface area (Å²) in [7, 11) is -3.56. The number of nitrogens with zero attached hydrogens (tertiary/aromatic N) is 3. The first-order chi connectivity index (χ1) is 14.4. The van der Waals surface area contributed by atoms with Gasteiger partial charge in [-0.1, -0.05) is 24.3 Å². The smallest absolute Gasteiger partial charge is 0.253 e. The van der Waals surface area contributed by atoms with E-state index in [1.54, 1.807) is 12.1 Å². The van der Waals surface area contributed by atoms with Crippen molar-refractivity contribution in [1.82, 2.24) is 14.5 Å². The molecule has 0 aliphatic carbocycles. The molecule has 2 heterocycles. The maximum absolute atomic E-state index is 13.1. The second kappa shape index (κ2) is 8.57. The molecule has 1 atom stereocenters. The molecule has 3 aromatic rings. The molecular formula is C22H25N3O4S. The number of piperidine rings is 1. The molecule has 0 amide bonds. The van der Waals surface area contributed by atoms with Crippen molar-refractivity contribution in [3.63, 3.8) is 0 Å². The largest absolute Gasteiger partial charge is 0.484 e. The quantitative estimate of drug-likeness (QED) is 0.594. The van der Waals surface area contributed by atoms with E-state index < -0.39 is 10.0 Å². The first kappa shape index (κ1) is 20.6. The summed E-state index contributed by atoms with van der Waals surface area (Å²) in [5, 5.41) is 8.21. The summed E-state index contributed by atoms with van der Waals surface area (Å²) in [6.07, 6.45) is 1.55. The third-order valence-electron chi connectivity index (χ3n) is 5.44. The third kappa shape index (κ3) is 4.39. The molecule has 0 bridgehead atoms. The lowest BCUT2D eigenvalue weighted by molar-refractivity contribution is 0.243. The minimum atomic E-state index is -3.56. The van der Waals surface area contributed by atoms with Crippen molar-refractivity contribution in [3.8, 4) is 5.75 Å². The number of benzene rings is 2. The predicted octanol–water partition coefficient (Wildman–Crippen LogP) is 3.83. The van der Waals surface area contributed by atoms with Gasteiger partial charge < -0.3 is 9.15 Å². The highest BCUT2D eigenvalue weighted by Gasteiger charge is 2.33. The van der Waals surface area contributed by atoms with Gasteiger partial charge in [-0.25, -0.2) is 8.42 Å². The average Bonchev–Trinajstić information content (AvgIpc) is 3.24. The zero-order valence-electron chi connectivity index (χ0n) is 17.1. The van der Waals surface area contributed by atoms with Gasteiger partial charge in [0.05, 0.1) is 10.8 Å². The van der Waals surface area contributed by atoms with Gasteiger partial charge in [-0.15, -0.1) is 10.2 Å². The molecule has 0 N–H and O–H groups in total. The van der Waals surface area contributed by atoms with Crippen LogP contribution in [0.3, 0.4) is 0 Å². The Balaban J connectivity index is 1.45. The van der Waals surface area contributed by atoms with E-state index in [2.05, 4.69) is 10.2 Å². The number of para-hydroxylation sites is 1. The molecule has 0 saturated carbocycles. The van der Waals surface area contributed by atoms with Gasteiger partial charge in [-0.2, -0.15) is 4.31 Å². The average molecular weight is 428 g/mol. The SMILES string of the molecule is Cc1ccc(S(=O)(=O)N2CCCC(c3nnc(COc4ccccc4)o3)C2)cc1C. The molecule has 158 valence electrons. The summed E-state index contributed by atoms with van der Waals surface area (Å²) in [6, 6.07) is 14.7. The molecular weight excluding hydrogens is 402 g/mol. The zero-order valence-corrected chi connectivity index (χ0v) is 17.9. The van der Waals surface area contributed by atoms with Crippen molar-refractivity contribution >= 4 is 10.0 Å². The predicted molar refractivity (Wildman–Crippen MR) is 112 cm³/mol. The lowest BCUT2D eigenvalue weighted by Gasteiger charge is -2.30. The van der Waals surface area contributed by atoms with Gasteiger partial charge in [0.1, 0.15) is 5.75 Å². The maximum Gasteiger partial charge on any atom is 0.253 e. The van der Waals surface area contributed by atoms with Crippen molar-refractivity contribution in [2.75, 3.05) is 13.1 Å². The molecule has 8 heteroatoms. The molecule has 1 unspecified atom stereocenters. The first-order valence-electron chi connectivity index (χ1n) is 10.0. The lowest BCUT2D eigenvalue weighted by atomic mass is 10.00. The zero-order chi connectivity index (χ0) is 21.1. The van der Waals surface area contributed by atoms with Gasteiger partial charge in [-0.3, -0.25) is 0 Å². The summed E-state index contributed by atoms with van der Waals surface area (Å²) in [4.78, 5) is 0.328. The van der Waals surface area contributed by atoms with Crippen LogP contribution in [0.25, 0.3) is 0 Å². The highest BCUT2D eigenvalue weighted by molar-refractivity contribution is 7.89. The second-order valence-corrected chi connectivity index (χ2v) is 9.52. The molecule has 0 radical (unpaired) electrons. The van der Waals surface area contributed by atoms with E-state index in [0.29, 0.717) is 29.8 Å². The molecule has 1 aliphatic heterocycles. The molecule has 1 aromatic heterocycles. The van der Waals surface area contributed by atoms with Crippen molar-refractivity contribution in [3.05, 3.63) is 71.4 Å². The van der Waals surface area contributed by atoms with E-state index in [1.165, 1.54) is 4.31 Å². The van der Waals surface area contributed by atoms with Crippen LogP contribution in [-0.4, -0.2) is 36.0 Å². The van der Waals surface area contributed by atoms with Crippen LogP contribution in [0.4, 0.5) is 0 Å². The molecule has 30 heavy (non-hydrogen) atoms. The van der Waals surface area contributed by atoms with Gasteiger partial charge in [0.15, 0.2) is 6.61 Å². The fourth-order valence-electron chi connectivity index (χ4n) is 3.54. The minimum absolute atomic E-state index is 0.127. The second-order valence-electron chi connectivity index (χ2n) is 7.58. The standard InChI is InChI=1S/C22H25N3O4S/c1-16-10-11-20(13-17(16)2)30(26,27)25-12-6-7-18(14-25)22-24-23-21(29-22)15-28-19-8-4-3-5-9-19/h3-5,8-11,13,18H,6-7,12,14-15H2,1-2H3. The Morgan fingerprint density at radius 1 is 1.10 bits per heavy atom. The number of ether oxygens (including phenoxy) is 1. The van der Waals surface area contributed by atoms with Crippen molar-refractivity contribution in [2.45, 2.75) is 44.1 Å². The summed E-state index contributed by atoms with van der Waals surface area (Å²) in [6.45, 7) is 4.89. The number of sulfonamides is 1. The van der Waals surface area contributed by atoms with Gasteiger partial charge in [0, 0.05) is 13.1 Å². The third-order valence-corrected chi connectivity index (χ3v) is 7.30. The van der Waals surface area contributed by atoms with Gasteiger partial charge in [0.2, 0.25) is 15.9 Å². The molecule has 0 spiro atoms. The number of hydrogen-bond acceptors (Lipinski definition) is 6. The van der Waals surface area contributed by atoms with E-state index in [-0.39, 0.29) is 12.5 Å². The molecule has 7 nitrogen and oxygen atoms in total. The molecule has 1 aliphatic rings. The van der Waals surface area contributed by atoms with Gasteiger partial charge in [-0.05, 0) is 62.1 Å². The van der Waals surface area contributed by atoms with E-state index >= 15 is 0 Å². The Morgan fingerprint density at radius 2 is 1.90 bits per heavy atom. The van der Waals surface area contributed by atoms with Crippen LogP contribution in [0.15, 0.2) is 57.8 Å². The van der Waals surface area contributed by atoms with Crippen LogP contribution in [0.5, 0.6) is 5.75 Å². The van der Waals surface area contributed by atoms with Crippen LogP contribution < -0.4 is 4.74 Å². The van der Waals surface area contributed by atoms with Gasteiger partial charge >= 0.3 is 0 Å². The number of hydrogen-bond donors (Lipinski definition) is 0. The number of rotatable bonds is 6. The normalized spacial score (nSPS) is 17.7. The van der Waals surface area contributed by atoms with Crippen molar-refractivity contribution in [1.29, 1.82) is 0 Å². The Labute approximate surface area is 176 Å². The highest BCUT2D eigenvalue weighted by atomic mass is 32.2.